The number of nitrogens with one attached hydrogen (secondary N) is 2. The molecule has 3 aromatic rings. The van der Waals surface area contributed by atoms with Crippen LogP contribution in [0.15, 0.2) is 48.8 Å². The second kappa shape index (κ2) is 7.35. The molecule has 7 heteroatoms. The number of nitrogens with zero attached hydrogens (tertiary/aromatic N) is 3. The number of carbonyl (C=O) groups excluding carboxylic acids is 1. The molecule has 0 radical (unpaired) electrons. The zero-order valence-corrected chi connectivity index (χ0v) is 14.2. The van der Waals surface area contributed by atoms with E-state index in [0.717, 1.165) is 22.7 Å². The highest BCUT2D eigenvalue weighted by Gasteiger charge is 2.25. The summed E-state index contributed by atoms with van der Waals surface area (Å²) in [5.41, 5.74) is 1.94. The lowest BCUT2D eigenvalue weighted by Crippen LogP contribution is -2.38. The number of hydrogen-bond acceptors (Lipinski definition) is 5. The van der Waals surface area contributed by atoms with Crippen LogP contribution in [0.1, 0.15) is 11.4 Å². The first-order chi connectivity index (χ1) is 12.8. The smallest absolute Gasteiger partial charge is 0.226 e. The van der Waals surface area contributed by atoms with Crippen LogP contribution in [-0.4, -0.2) is 39.2 Å². The maximum atomic E-state index is 12.4. The molecule has 0 unspecified atom stereocenters. The summed E-state index contributed by atoms with van der Waals surface area (Å²) in [5.74, 6) is 2.06. The number of hydrogen-bond donors (Lipinski definition) is 2. The Morgan fingerprint density at radius 3 is 3.08 bits per heavy atom. The Labute approximate surface area is 150 Å². The van der Waals surface area contributed by atoms with Crippen LogP contribution in [-0.2, 0) is 17.6 Å². The number of aromatic nitrogens is 4. The highest BCUT2D eigenvalue weighted by Crippen LogP contribution is 2.26. The lowest BCUT2D eigenvalue weighted by molar-refractivity contribution is -0.126. The summed E-state index contributed by atoms with van der Waals surface area (Å²) in [6.07, 6.45) is 4.72. The third kappa shape index (κ3) is 3.56. The lowest BCUT2D eigenvalue weighted by atomic mass is 9.96. The van der Waals surface area contributed by atoms with E-state index in [2.05, 4.69) is 25.5 Å². The predicted molar refractivity (Wildman–Crippen MR) is 95.5 cm³/mol. The Morgan fingerprint density at radius 1 is 1.27 bits per heavy atom. The second-order valence-electron chi connectivity index (χ2n) is 6.21. The van der Waals surface area contributed by atoms with E-state index in [4.69, 9.17) is 4.74 Å². The normalized spacial score (nSPS) is 15.8. The van der Waals surface area contributed by atoms with Crippen LogP contribution in [0.3, 0.4) is 0 Å². The summed E-state index contributed by atoms with van der Waals surface area (Å²) in [7, 11) is 0. The number of para-hydroxylation sites is 1. The van der Waals surface area contributed by atoms with Crippen molar-refractivity contribution in [2.75, 3.05) is 13.2 Å². The molecule has 26 heavy (non-hydrogen) atoms. The van der Waals surface area contributed by atoms with E-state index in [0.29, 0.717) is 31.8 Å². The Balaban J connectivity index is 1.29. The minimum absolute atomic E-state index is 0.00602. The van der Waals surface area contributed by atoms with Gasteiger partial charge in [0.15, 0.2) is 5.82 Å². The summed E-state index contributed by atoms with van der Waals surface area (Å²) in [5, 5.41) is 10.1. The molecule has 7 nitrogen and oxygen atoms in total. The monoisotopic (exact) mass is 349 g/mol. The van der Waals surface area contributed by atoms with Crippen LogP contribution >= 0.6 is 0 Å². The molecule has 0 fully saturated rings. The molecule has 2 N–H and O–H groups in total. The summed E-state index contributed by atoms with van der Waals surface area (Å²) in [4.78, 5) is 20.9. The summed E-state index contributed by atoms with van der Waals surface area (Å²) in [6, 6.07) is 11.6. The standard InChI is InChI=1S/C19H19N5O2/c25-19(15-10-13-4-1-2-6-16(13)26-12-15)21-9-7-17-22-18(24-23-17)14-5-3-8-20-11-14/h1-6,8,11,15H,7,9-10,12H2,(H,21,25)(H,22,23,24)/t15-/m1/s1. The molecule has 0 bridgehead atoms. The molecule has 0 saturated heterocycles. The number of H-pyrrole nitrogens is 1. The van der Waals surface area contributed by atoms with Gasteiger partial charge in [-0.2, -0.15) is 5.10 Å². The molecule has 1 aliphatic rings. The Morgan fingerprint density at radius 2 is 2.19 bits per heavy atom. The molecule has 3 heterocycles. The Bertz CT molecular complexity index is 894. The van der Waals surface area contributed by atoms with Gasteiger partial charge in [0.1, 0.15) is 18.2 Å². The van der Waals surface area contributed by atoms with Crippen LogP contribution in [0.2, 0.25) is 0 Å². The van der Waals surface area contributed by atoms with E-state index in [1.54, 1.807) is 12.4 Å². The molecule has 2 aromatic heterocycles. The fourth-order valence-electron chi connectivity index (χ4n) is 2.98. The predicted octanol–water partition coefficient (Wildman–Crippen LogP) is 1.78. The van der Waals surface area contributed by atoms with Gasteiger partial charge < -0.3 is 10.1 Å². The lowest BCUT2D eigenvalue weighted by Gasteiger charge is -2.24. The molecule has 1 amide bonds. The van der Waals surface area contributed by atoms with E-state index in [-0.39, 0.29) is 11.8 Å². The number of aromatic amines is 1. The zero-order chi connectivity index (χ0) is 17.8. The minimum atomic E-state index is -0.161. The van der Waals surface area contributed by atoms with Crippen molar-refractivity contribution in [3.8, 4) is 17.1 Å². The maximum absolute atomic E-state index is 12.4. The van der Waals surface area contributed by atoms with Crippen LogP contribution in [0.4, 0.5) is 0 Å². The number of fused-ring (bicyclic) bond motifs is 1. The molecule has 1 atom stereocenters. The van der Waals surface area contributed by atoms with Crippen LogP contribution in [0, 0.1) is 5.92 Å². The van der Waals surface area contributed by atoms with Gasteiger partial charge in [-0.3, -0.25) is 14.9 Å². The number of pyridine rings is 1. The van der Waals surface area contributed by atoms with Crippen molar-refractivity contribution in [2.45, 2.75) is 12.8 Å². The van der Waals surface area contributed by atoms with Gasteiger partial charge in [-0.15, -0.1) is 0 Å². The highest BCUT2D eigenvalue weighted by molar-refractivity contribution is 5.79. The topological polar surface area (TPSA) is 92.8 Å². The number of rotatable bonds is 5. The molecule has 0 aliphatic carbocycles. The van der Waals surface area contributed by atoms with E-state index in [1.807, 2.05) is 36.4 Å². The van der Waals surface area contributed by atoms with Crippen LogP contribution < -0.4 is 10.1 Å². The van der Waals surface area contributed by atoms with Gasteiger partial charge in [-0.25, -0.2) is 4.98 Å². The number of amides is 1. The van der Waals surface area contributed by atoms with E-state index in [9.17, 15) is 4.79 Å². The first-order valence-corrected chi connectivity index (χ1v) is 8.59. The van der Waals surface area contributed by atoms with Crippen molar-refractivity contribution < 1.29 is 9.53 Å². The highest BCUT2D eigenvalue weighted by atomic mass is 16.5. The van der Waals surface area contributed by atoms with Gasteiger partial charge in [0.05, 0.1) is 5.92 Å². The fraction of sp³-hybridized carbons (Fsp3) is 0.263. The average Bonchev–Trinajstić information content (AvgIpc) is 3.17. The van der Waals surface area contributed by atoms with E-state index in [1.165, 1.54) is 0 Å². The van der Waals surface area contributed by atoms with Gasteiger partial charge >= 0.3 is 0 Å². The SMILES string of the molecule is O=C(NCCc1nc(-c2cccnc2)n[nH]1)[C@H]1COc2ccccc2C1. The molecular formula is C19H19N5O2. The van der Waals surface area contributed by atoms with Gasteiger partial charge in [-0.1, -0.05) is 18.2 Å². The summed E-state index contributed by atoms with van der Waals surface area (Å²) in [6.45, 7) is 0.912. The van der Waals surface area contributed by atoms with Gasteiger partial charge in [0.25, 0.3) is 0 Å². The molecular weight excluding hydrogens is 330 g/mol. The molecule has 4 rings (SSSR count). The first kappa shape index (κ1) is 16.3. The number of ether oxygens (including phenoxy) is 1. The Kier molecular flexibility index (Phi) is 4.59. The molecule has 0 saturated carbocycles. The third-order valence-corrected chi connectivity index (χ3v) is 4.36. The largest absolute Gasteiger partial charge is 0.492 e. The van der Waals surface area contributed by atoms with Crippen molar-refractivity contribution in [3.05, 3.63) is 60.2 Å². The molecule has 0 spiro atoms. The van der Waals surface area contributed by atoms with Crippen molar-refractivity contribution in [3.63, 3.8) is 0 Å². The van der Waals surface area contributed by atoms with Crippen molar-refractivity contribution >= 4 is 5.91 Å². The first-order valence-electron chi connectivity index (χ1n) is 8.59. The van der Waals surface area contributed by atoms with E-state index >= 15 is 0 Å². The number of carbonyl (C=O) groups is 1. The molecule has 132 valence electrons. The summed E-state index contributed by atoms with van der Waals surface area (Å²) < 4.78 is 5.68. The van der Waals surface area contributed by atoms with Crippen LogP contribution in [0.25, 0.3) is 11.4 Å². The summed E-state index contributed by atoms with van der Waals surface area (Å²) >= 11 is 0. The van der Waals surface area contributed by atoms with Crippen molar-refractivity contribution in [1.82, 2.24) is 25.5 Å². The quantitative estimate of drug-likeness (QED) is 0.732. The number of benzene rings is 1. The van der Waals surface area contributed by atoms with Crippen molar-refractivity contribution in [1.29, 1.82) is 0 Å². The third-order valence-electron chi connectivity index (χ3n) is 4.36. The van der Waals surface area contributed by atoms with Gasteiger partial charge in [0.2, 0.25) is 5.91 Å². The second-order valence-corrected chi connectivity index (χ2v) is 6.21. The van der Waals surface area contributed by atoms with Crippen molar-refractivity contribution in [2.24, 2.45) is 5.92 Å². The van der Waals surface area contributed by atoms with Gasteiger partial charge in [-0.05, 0) is 30.2 Å². The molecule has 1 aliphatic heterocycles. The Hall–Kier alpha value is -3.22. The fourth-order valence-corrected chi connectivity index (χ4v) is 2.98. The zero-order valence-electron chi connectivity index (χ0n) is 14.2. The average molecular weight is 349 g/mol. The maximum Gasteiger partial charge on any atom is 0.226 e. The minimum Gasteiger partial charge on any atom is -0.492 e. The van der Waals surface area contributed by atoms with Gasteiger partial charge in [0, 0.05) is 30.9 Å². The van der Waals surface area contributed by atoms with Crippen LogP contribution in [0.5, 0.6) is 5.75 Å². The van der Waals surface area contributed by atoms with E-state index < -0.39 is 0 Å². The molecule has 1 aromatic carbocycles.